The zero-order valence-electron chi connectivity index (χ0n) is 31.1. The highest BCUT2D eigenvalue weighted by molar-refractivity contribution is 7.89. The standard InChI is InChI=1S/C40H50N4O8S/c1-6-51-36(46)33(42-35(45)34-13-10-26-43(34)53(49,50)32-20-14-28(2)15-21-32)27-29-16-18-31(19-17-29)44(38(48)52-39(3,4)5)37(47)40(22-24-41-25-23-40)30-11-8-7-9-12-30/h7-9,11-12,14-21,33-34,41H,6,10,13,22-27H2,1-5H3,(H,42,45)/t33-,34-/m0/s1. The first-order valence-corrected chi connectivity index (χ1v) is 19.6. The number of ether oxygens (including phenoxy) is 2. The number of hydrogen-bond acceptors (Lipinski definition) is 9. The Balaban J connectivity index is 1.40. The molecule has 3 aromatic rings. The number of sulfonamides is 1. The summed E-state index contributed by atoms with van der Waals surface area (Å²) in [4.78, 5) is 56.5. The van der Waals surface area contributed by atoms with E-state index in [1.54, 1.807) is 64.1 Å². The van der Waals surface area contributed by atoms with E-state index in [0.29, 0.717) is 50.0 Å². The number of carbonyl (C=O) groups is 4. The molecule has 284 valence electrons. The van der Waals surface area contributed by atoms with Crippen LogP contribution in [0.3, 0.4) is 0 Å². The van der Waals surface area contributed by atoms with Gasteiger partial charge in [-0.05, 0) is 109 Å². The van der Waals surface area contributed by atoms with Gasteiger partial charge in [0.2, 0.25) is 21.8 Å². The molecule has 2 N–H and O–H groups in total. The predicted molar refractivity (Wildman–Crippen MR) is 201 cm³/mol. The van der Waals surface area contributed by atoms with Gasteiger partial charge in [0.1, 0.15) is 17.7 Å². The monoisotopic (exact) mass is 746 g/mol. The third-order valence-corrected chi connectivity index (χ3v) is 11.6. The summed E-state index contributed by atoms with van der Waals surface area (Å²) in [6.45, 7) is 10.2. The third kappa shape index (κ3) is 9.14. The van der Waals surface area contributed by atoms with Gasteiger partial charge in [-0.3, -0.25) is 9.59 Å². The molecular formula is C40H50N4O8S. The number of amides is 3. The van der Waals surface area contributed by atoms with Crippen LogP contribution in [0, 0.1) is 6.92 Å². The topological polar surface area (TPSA) is 151 Å². The molecule has 0 aliphatic carbocycles. The van der Waals surface area contributed by atoms with Crippen LogP contribution in [-0.2, 0) is 45.7 Å². The van der Waals surface area contributed by atoms with Gasteiger partial charge in [0.25, 0.3) is 0 Å². The lowest BCUT2D eigenvalue weighted by molar-refractivity contribution is -0.147. The molecule has 2 aliphatic heterocycles. The average molecular weight is 747 g/mol. The van der Waals surface area contributed by atoms with Gasteiger partial charge in [-0.2, -0.15) is 4.31 Å². The minimum Gasteiger partial charge on any atom is -0.464 e. The quantitative estimate of drug-likeness (QED) is 0.258. The number of piperidine rings is 1. The molecule has 5 rings (SSSR count). The van der Waals surface area contributed by atoms with E-state index >= 15 is 0 Å². The SMILES string of the molecule is CCOC(=O)[C@H](Cc1ccc(N(C(=O)OC(C)(C)C)C(=O)C2(c3ccccc3)CCNCC2)cc1)NC(=O)[C@@H]1CCCN1S(=O)(=O)c1ccc(C)cc1. The van der Waals surface area contributed by atoms with Gasteiger partial charge in [-0.25, -0.2) is 22.9 Å². The number of rotatable bonds is 11. The van der Waals surface area contributed by atoms with Crippen molar-refractivity contribution in [3.63, 3.8) is 0 Å². The van der Waals surface area contributed by atoms with Crippen LogP contribution in [-0.4, -0.2) is 80.5 Å². The molecule has 0 radical (unpaired) electrons. The van der Waals surface area contributed by atoms with E-state index in [-0.39, 0.29) is 24.5 Å². The Morgan fingerprint density at radius 2 is 1.60 bits per heavy atom. The summed E-state index contributed by atoms with van der Waals surface area (Å²) in [6.07, 6.45) is 0.974. The molecule has 0 aromatic heterocycles. The molecule has 2 fully saturated rings. The van der Waals surface area contributed by atoms with Crippen molar-refractivity contribution in [1.82, 2.24) is 14.9 Å². The smallest absolute Gasteiger partial charge is 0.421 e. The lowest BCUT2D eigenvalue weighted by atomic mass is 9.72. The molecular weight excluding hydrogens is 697 g/mol. The van der Waals surface area contributed by atoms with Crippen LogP contribution in [0.4, 0.5) is 10.5 Å². The number of aryl methyl sites for hydroxylation is 1. The van der Waals surface area contributed by atoms with Crippen molar-refractivity contribution in [1.29, 1.82) is 0 Å². The zero-order chi connectivity index (χ0) is 38.4. The first-order valence-electron chi connectivity index (χ1n) is 18.1. The van der Waals surface area contributed by atoms with Crippen LogP contribution in [0.15, 0.2) is 83.8 Å². The molecule has 13 heteroatoms. The third-order valence-electron chi connectivity index (χ3n) is 9.63. The molecule has 0 unspecified atom stereocenters. The number of imide groups is 1. The molecule has 2 saturated heterocycles. The van der Waals surface area contributed by atoms with E-state index in [4.69, 9.17) is 9.47 Å². The Morgan fingerprint density at radius 1 is 0.962 bits per heavy atom. The lowest BCUT2D eigenvalue weighted by Crippen LogP contribution is -2.54. The number of nitrogens with one attached hydrogen (secondary N) is 2. The second kappa shape index (κ2) is 16.6. The number of carbonyl (C=O) groups excluding carboxylic acids is 4. The van der Waals surface area contributed by atoms with Crippen LogP contribution in [0.1, 0.15) is 70.1 Å². The van der Waals surface area contributed by atoms with Gasteiger partial charge in [0, 0.05) is 13.0 Å². The van der Waals surface area contributed by atoms with Gasteiger partial charge in [-0.1, -0.05) is 60.2 Å². The van der Waals surface area contributed by atoms with Crippen LogP contribution in [0.2, 0.25) is 0 Å². The summed E-state index contributed by atoms with van der Waals surface area (Å²) in [5.41, 5.74) is 0.787. The Kier molecular flexibility index (Phi) is 12.4. The van der Waals surface area contributed by atoms with E-state index in [1.165, 1.54) is 16.4 Å². The van der Waals surface area contributed by atoms with Gasteiger partial charge in [0.05, 0.1) is 22.6 Å². The van der Waals surface area contributed by atoms with E-state index in [0.717, 1.165) is 16.0 Å². The molecule has 2 atom stereocenters. The van der Waals surface area contributed by atoms with Gasteiger partial charge in [0.15, 0.2) is 0 Å². The molecule has 2 aliphatic rings. The van der Waals surface area contributed by atoms with Crippen LogP contribution in [0.25, 0.3) is 0 Å². The minimum atomic E-state index is -3.96. The maximum Gasteiger partial charge on any atom is 0.421 e. The van der Waals surface area contributed by atoms with Gasteiger partial charge >= 0.3 is 12.1 Å². The molecule has 2 heterocycles. The number of benzene rings is 3. The maximum absolute atomic E-state index is 14.7. The highest BCUT2D eigenvalue weighted by Crippen LogP contribution is 2.38. The largest absolute Gasteiger partial charge is 0.464 e. The number of anilines is 1. The summed E-state index contributed by atoms with van der Waals surface area (Å²) >= 11 is 0. The second-order valence-electron chi connectivity index (χ2n) is 14.6. The first-order chi connectivity index (χ1) is 25.2. The van der Waals surface area contributed by atoms with Crippen LogP contribution < -0.4 is 15.5 Å². The molecule has 3 aromatic carbocycles. The van der Waals surface area contributed by atoms with Crippen LogP contribution >= 0.6 is 0 Å². The fraction of sp³-hybridized carbons (Fsp3) is 0.450. The average Bonchev–Trinajstić information content (AvgIpc) is 3.64. The van der Waals surface area contributed by atoms with Crippen molar-refractivity contribution in [2.75, 3.05) is 31.1 Å². The molecule has 3 amide bonds. The van der Waals surface area contributed by atoms with Gasteiger partial charge in [-0.15, -0.1) is 0 Å². The van der Waals surface area contributed by atoms with Crippen molar-refractivity contribution >= 4 is 39.6 Å². The second-order valence-corrected chi connectivity index (χ2v) is 16.5. The summed E-state index contributed by atoms with van der Waals surface area (Å²) in [7, 11) is -3.96. The number of esters is 1. The summed E-state index contributed by atoms with van der Waals surface area (Å²) in [6, 6.07) is 20.4. The molecule has 0 spiro atoms. The van der Waals surface area contributed by atoms with Crippen molar-refractivity contribution in [2.45, 2.75) is 94.7 Å². The Hall–Kier alpha value is -4.59. The lowest BCUT2D eigenvalue weighted by Gasteiger charge is -2.40. The molecule has 12 nitrogen and oxygen atoms in total. The van der Waals surface area contributed by atoms with E-state index in [1.807, 2.05) is 37.3 Å². The van der Waals surface area contributed by atoms with Gasteiger partial charge < -0.3 is 20.1 Å². The zero-order valence-corrected chi connectivity index (χ0v) is 31.9. The predicted octanol–water partition coefficient (Wildman–Crippen LogP) is 5.03. The van der Waals surface area contributed by atoms with E-state index in [2.05, 4.69) is 10.6 Å². The Morgan fingerprint density at radius 3 is 2.21 bits per heavy atom. The summed E-state index contributed by atoms with van der Waals surface area (Å²) in [5, 5.41) is 6.07. The Labute approximate surface area is 312 Å². The van der Waals surface area contributed by atoms with Crippen molar-refractivity contribution < 1.29 is 37.1 Å². The maximum atomic E-state index is 14.7. The minimum absolute atomic E-state index is 0.0162. The highest BCUT2D eigenvalue weighted by atomic mass is 32.2. The molecule has 0 saturated carbocycles. The fourth-order valence-corrected chi connectivity index (χ4v) is 8.58. The first kappa shape index (κ1) is 39.6. The number of nitrogens with zero attached hydrogens (tertiary/aromatic N) is 2. The van der Waals surface area contributed by atoms with E-state index in [9.17, 15) is 27.6 Å². The number of hydrogen-bond donors (Lipinski definition) is 2. The van der Waals surface area contributed by atoms with E-state index < -0.39 is 57.0 Å². The fourth-order valence-electron chi connectivity index (χ4n) is 6.92. The summed E-state index contributed by atoms with van der Waals surface area (Å²) < 4.78 is 39.3. The summed E-state index contributed by atoms with van der Waals surface area (Å²) in [5.74, 6) is -1.66. The van der Waals surface area contributed by atoms with Crippen molar-refractivity contribution in [3.8, 4) is 0 Å². The highest BCUT2D eigenvalue weighted by Gasteiger charge is 2.47. The van der Waals surface area contributed by atoms with Crippen molar-refractivity contribution in [2.24, 2.45) is 0 Å². The van der Waals surface area contributed by atoms with Crippen LogP contribution in [0.5, 0.6) is 0 Å². The molecule has 53 heavy (non-hydrogen) atoms. The normalized spacial score (nSPS) is 18.1. The molecule has 0 bridgehead atoms. The Bertz CT molecular complexity index is 1870. The van der Waals surface area contributed by atoms with Crippen molar-refractivity contribution in [3.05, 3.63) is 95.6 Å².